The molecule has 1 saturated carbocycles. The zero-order chi connectivity index (χ0) is 11.6. The Morgan fingerprint density at radius 3 is 2.38 bits per heavy atom. The molecule has 1 atom stereocenters. The zero-order valence-electron chi connectivity index (χ0n) is 10.6. The van der Waals surface area contributed by atoms with E-state index in [2.05, 4.69) is 37.9 Å². The molecule has 1 nitrogen and oxygen atoms in total. The van der Waals surface area contributed by atoms with Gasteiger partial charge in [-0.3, -0.25) is 4.98 Å². The van der Waals surface area contributed by atoms with E-state index < -0.39 is 0 Å². The van der Waals surface area contributed by atoms with E-state index >= 15 is 0 Å². The van der Waals surface area contributed by atoms with Crippen molar-refractivity contribution in [2.45, 2.75) is 57.3 Å². The Morgan fingerprint density at radius 1 is 1.19 bits per heavy atom. The van der Waals surface area contributed by atoms with Crippen molar-refractivity contribution >= 4 is 13.4 Å². The Morgan fingerprint density at radius 2 is 1.88 bits per heavy atom. The molecule has 88 valence electrons. The number of aromatic nitrogens is 1. The lowest BCUT2D eigenvalue weighted by atomic mass is 10.2. The molecule has 0 aromatic carbocycles. The summed E-state index contributed by atoms with van der Waals surface area (Å²) in [6.07, 6.45) is 7.63. The molecule has 2 rings (SSSR count). The van der Waals surface area contributed by atoms with E-state index in [1.165, 1.54) is 31.1 Å². The highest BCUT2D eigenvalue weighted by Gasteiger charge is 2.35. The minimum atomic E-state index is -0.109. The van der Waals surface area contributed by atoms with E-state index in [1.807, 2.05) is 12.3 Å². The number of hydrogen-bond donors (Lipinski definition) is 0. The van der Waals surface area contributed by atoms with Crippen LogP contribution in [0.3, 0.4) is 0 Å². The number of hydrogen-bond acceptors (Lipinski definition) is 1. The van der Waals surface area contributed by atoms with E-state index in [1.54, 1.807) is 0 Å². The molecule has 0 spiro atoms. The lowest BCUT2D eigenvalue weighted by Gasteiger charge is -2.35. The van der Waals surface area contributed by atoms with E-state index in [4.69, 9.17) is 0 Å². The first-order valence-electron chi connectivity index (χ1n) is 6.29. The maximum atomic E-state index is 4.62. The van der Waals surface area contributed by atoms with Crippen molar-refractivity contribution in [3.63, 3.8) is 0 Å². The van der Waals surface area contributed by atoms with Crippen LogP contribution in [0.15, 0.2) is 24.4 Å². The maximum Gasteiger partial charge on any atom is 0.0638 e. The summed E-state index contributed by atoms with van der Waals surface area (Å²) in [5.74, 6) is 0. The van der Waals surface area contributed by atoms with E-state index in [0.717, 1.165) is 5.66 Å². The van der Waals surface area contributed by atoms with Crippen molar-refractivity contribution in [3.8, 4) is 0 Å². The van der Waals surface area contributed by atoms with Crippen molar-refractivity contribution in [2.75, 3.05) is 0 Å². The second-order valence-corrected chi connectivity index (χ2v) is 8.94. The van der Waals surface area contributed by atoms with E-state index in [9.17, 15) is 0 Å². The summed E-state index contributed by atoms with van der Waals surface area (Å²) in [5, 5.41) is 0.388. The molecular weight excluding hydrogens is 213 g/mol. The van der Waals surface area contributed by atoms with Crippen LogP contribution in [-0.2, 0) is 0 Å². The highest BCUT2D eigenvalue weighted by molar-refractivity contribution is 7.67. The predicted molar refractivity (Wildman–Crippen MR) is 72.8 cm³/mol. The van der Waals surface area contributed by atoms with Gasteiger partial charge in [-0.05, 0) is 43.7 Å². The molecule has 0 unspecified atom stereocenters. The SMILES string of the molecule is CC(C)(C)[P@](c1ccccn1)C1CCCC1. The summed E-state index contributed by atoms with van der Waals surface area (Å²) in [7, 11) is -0.109. The number of rotatable bonds is 2. The topological polar surface area (TPSA) is 12.9 Å². The summed E-state index contributed by atoms with van der Waals surface area (Å²) in [4.78, 5) is 4.62. The van der Waals surface area contributed by atoms with Crippen LogP contribution in [0, 0.1) is 0 Å². The van der Waals surface area contributed by atoms with Crippen molar-refractivity contribution in [1.29, 1.82) is 0 Å². The quantitative estimate of drug-likeness (QED) is 0.708. The second kappa shape index (κ2) is 4.84. The monoisotopic (exact) mass is 235 g/mol. The third-order valence-electron chi connectivity index (χ3n) is 3.31. The average Bonchev–Trinajstić information content (AvgIpc) is 2.71. The van der Waals surface area contributed by atoms with Gasteiger partial charge >= 0.3 is 0 Å². The van der Waals surface area contributed by atoms with Crippen LogP contribution in [0.4, 0.5) is 0 Å². The summed E-state index contributed by atoms with van der Waals surface area (Å²) < 4.78 is 0. The fourth-order valence-electron chi connectivity index (χ4n) is 2.74. The van der Waals surface area contributed by atoms with E-state index in [-0.39, 0.29) is 7.92 Å². The largest absolute Gasteiger partial charge is 0.257 e. The first-order valence-corrected chi connectivity index (χ1v) is 7.70. The fraction of sp³-hybridized carbons (Fsp3) is 0.643. The number of pyridine rings is 1. The second-order valence-electron chi connectivity index (χ2n) is 5.67. The van der Waals surface area contributed by atoms with Gasteiger partial charge in [0.25, 0.3) is 0 Å². The highest BCUT2D eigenvalue weighted by Crippen LogP contribution is 2.56. The highest BCUT2D eigenvalue weighted by atomic mass is 31.1. The summed E-state index contributed by atoms with van der Waals surface area (Å²) in [6, 6.07) is 6.39. The fourth-order valence-corrected chi connectivity index (χ4v) is 6.21. The molecule has 1 aromatic heterocycles. The van der Waals surface area contributed by atoms with Crippen molar-refractivity contribution in [2.24, 2.45) is 0 Å². The standard InChI is InChI=1S/C14H22NP/c1-14(2,3)16(12-8-4-5-9-12)13-10-6-7-11-15-13/h6-7,10-12H,4-5,8-9H2,1-3H3/t16-/m0/s1. The van der Waals surface area contributed by atoms with Crippen LogP contribution in [-0.4, -0.2) is 15.8 Å². The number of nitrogens with zero attached hydrogens (tertiary/aromatic N) is 1. The van der Waals surface area contributed by atoms with E-state index in [0.29, 0.717) is 5.16 Å². The van der Waals surface area contributed by atoms with Crippen LogP contribution >= 0.6 is 7.92 Å². The molecule has 1 fully saturated rings. The smallest absolute Gasteiger partial charge is 0.0638 e. The molecule has 0 bridgehead atoms. The molecule has 0 aliphatic heterocycles. The lowest BCUT2D eigenvalue weighted by Crippen LogP contribution is -2.27. The van der Waals surface area contributed by atoms with Gasteiger partial charge in [-0.25, -0.2) is 0 Å². The Bertz CT molecular complexity index is 322. The lowest BCUT2D eigenvalue weighted by molar-refractivity contribution is 0.757. The van der Waals surface area contributed by atoms with Crippen LogP contribution in [0.25, 0.3) is 0 Å². The molecule has 1 aromatic rings. The minimum absolute atomic E-state index is 0.109. The Balaban J connectivity index is 2.28. The first kappa shape index (κ1) is 12.0. The molecule has 1 aliphatic carbocycles. The van der Waals surface area contributed by atoms with Gasteiger partial charge in [-0.1, -0.05) is 39.7 Å². The Hall–Kier alpha value is -0.420. The van der Waals surface area contributed by atoms with Crippen LogP contribution in [0.5, 0.6) is 0 Å². The maximum absolute atomic E-state index is 4.62. The Kier molecular flexibility index (Phi) is 3.64. The van der Waals surface area contributed by atoms with Gasteiger partial charge in [0.05, 0.1) is 5.44 Å². The van der Waals surface area contributed by atoms with Crippen molar-refractivity contribution < 1.29 is 0 Å². The third kappa shape index (κ3) is 2.63. The average molecular weight is 235 g/mol. The predicted octanol–water partition coefficient (Wildman–Crippen LogP) is 3.93. The van der Waals surface area contributed by atoms with Crippen molar-refractivity contribution in [3.05, 3.63) is 24.4 Å². The normalized spacial score (nSPS) is 19.9. The first-order chi connectivity index (χ1) is 7.59. The molecular formula is C14H22NP. The minimum Gasteiger partial charge on any atom is -0.257 e. The van der Waals surface area contributed by atoms with Gasteiger partial charge in [0.15, 0.2) is 0 Å². The van der Waals surface area contributed by atoms with Crippen LogP contribution in [0.1, 0.15) is 46.5 Å². The molecule has 0 amide bonds. The van der Waals surface area contributed by atoms with Gasteiger partial charge < -0.3 is 0 Å². The van der Waals surface area contributed by atoms with Crippen LogP contribution in [0.2, 0.25) is 0 Å². The summed E-state index contributed by atoms with van der Waals surface area (Å²) in [5.41, 5.74) is 2.27. The summed E-state index contributed by atoms with van der Waals surface area (Å²) >= 11 is 0. The Labute approximate surface area is 100 Å². The molecule has 16 heavy (non-hydrogen) atoms. The van der Waals surface area contributed by atoms with Gasteiger partial charge in [-0.15, -0.1) is 0 Å². The molecule has 0 radical (unpaired) electrons. The molecule has 1 aliphatic rings. The molecule has 0 N–H and O–H groups in total. The van der Waals surface area contributed by atoms with Gasteiger partial charge in [0.2, 0.25) is 0 Å². The van der Waals surface area contributed by atoms with Crippen LogP contribution < -0.4 is 5.44 Å². The molecule has 2 heteroatoms. The van der Waals surface area contributed by atoms with Gasteiger partial charge in [0.1, 0.15) is 0 Å². The summed E-state index contributed by atoms with van der Waals surface area (Å²) in [6.45, 7) is 7.14. The molecule has 0 saturated heterocycles. The molecule has 1 heterocycles. The van der Waals surface area contributed by atoms with Gasteiger partial charge in [-0.2, -0.15) is 0 Å². The van der Waals surface area contributed by atoms with Gasteiger partial charge in [0, 0.05) is 6.20 Å². The van der Waals surface area contributed by atoms with Crippen molar-refractivity contribution in [1.82, 2.24) is 4.98 Å². The third-order valence-corrected chi connectivity index (χ3v) is 6.76. The zero-order valence-corrected chi connectivity index (χ0v) is 11.5.